The predicted molar refractivity (Wildman–Crippen MR) is 87.7 cm³/mol. The summed E-state index contributed by atoms with van der Waals surface area (Å²) in [5.41, 5.74) is 2.07. The van der Waals surface area contributed by atoms with Crippen molar-refractivity contribution in [2.45, 2.75) is 31.6 Å². The van der Waals surface area contributed by atoms with E-state index in [-0.39, 0.29) is 36.4 Å². The first-order valence-corrected chi connectivity index (χ1v) is 8.01. The fourth-order valence-corrected chi connectivity index (χ4v) is 3.03. The molecule has 0 radical (unpaired) electrons. The summed E-state index contributed by atoms with van der Waals surface area (Å²) in [4.78, 5) is 12.5. The van der Waals surface area contributed by atoms with Crippen molar-refractivity contribution in [1.82, 2.24) is 5.32 Å². The van der Waals surface area contributed by atoms with Crippen molar-refractivity contribution in [1.29, 1.82) is 0 Å². The average Bonchev–Trinajstić information content (AvgIpc) is 2.58. The molecule has 24 heavy (non-hydrogen) atoms. The molecule has 1 aliphatic rings. The maximum Gasteiger partial charge on any atom is 0.251 e. The molecule has 0 aliphatic heterocycles. The van der Waals surface area contributed by atoms with Crippen LogP contribution in [-0.4, -0.2) is 22.2 Å². The van der Waals surface area contributed by atoms with Gasteiger partial charge in [-0.05, 0) is 54.2 Å². The molecule has 0 bridgehead atoms. The number of hydrogen-bond donors (Lipinski definition) is 3. The number of amides is 1. The van der Waals surface area contributed by atoms with Gasteiger partial charge in [0.25, 0.3) is 5.91 Å². The Hall–Kier alpha value is -2.24. The number of nitrogens with one attached hydrogen (secondary N) is 1. The monoisotopic (exact) mass is 329 g/mol. The highest BCUT2D eigenvalue weighted by Gasteiger charge is 2.35. The molecule has 1 atom stereocenters. The number of carbonyl (C=O) groups excluding carboxylic acids is 1. The Morgan fingerprint density at radius 1 is 1.12 bits per heavy atom. The highest BCUT2D eigenvalue weighted by Crippen LogP contribution is 2.38. The van der Waals surface area contributed by atoms with Gasteiger partial charge in [0.05, 0.1) is 18.8 Å². The second-order valence-electron chi connectivity index (χ2n) is 6.24. The van der Waals surface area contributed by atoms with Gasteiger partial charge in [-0.25, -0.2) is 4.39 Å². The van der Waals surface area contributed by atoms with Crippen LogP contribution in [0, 0.1) is 11.7 Å². The van der Waals surface area contributed by atoms with E-state index in [1.807, 2.05) is 0 Å². The molecular weight excluding hydrogens is 309 g/mol. The van der Waals surface area contributed by atoms with Gasteiger partial charge in [-0.3, -0.25) is 4.79 Å². The quantitative estimate of drug-likeness (QED) is 0.790. The van der Waals surface area contributed by atoms with Gasteiger partial charge in [0, 0.05) is 5.56 Å². The SMILES string of the molecule is O=C(N[C@H](c1ccc(F)cc1)C1CC(O)C1)c1ccc(CO)cc1. The largest absolute Gasteiger partial charge is 0.393 e. The molecule has 0 aromatic heterocycles. The number of rotatable bonds is 5. The minimum absolute atomic E-state index is 0.0694. The summed E-state index contributed by atoms with van der Waals surface area (Å²) in [7, 11) is 0. The number of halogens is 1. The van der Waals surface area contributed by atoms with Gasteiger partial charge in [-0.2, -0.15) is 0 Å². The maximum atomic E-state index is 13.2. The van der Waals surface area contributed by atoms with Crippen molar-refractivity contribution in [3.8, 4) is 0 Å². The zero-order valence-electron chi connectivity index (χ0n) is 13.2. The minimum atomic E-state index is -0.335. The van der Waals surface area contributed by atoms with Crippen LogP contribution in [0.15, 0.2) is 48.5 Å². The maximum absolute atomic E-state index is 13.2. The highest BCUT2D eigenvalue weighted by atomic mass is 19.1. The standard InChI is InChI=1S/C19H20FNO3/c20-16-7-5-13(6-8-16)18(15-9-17(23)10-15)21-19(24)14-3-1-12(11-22)2-4-14/h1-8,15,17-18,22-23H,9-11H2,(H,21,24)/t15?,17?,18-/m1/s1. The number of aliphatic hydroxyl groups is 2. The fraction of sp³-hybridized carbons (Fsp3) is 0.316. The van der Waals surface area contributed by atoms with Crippen LogP contribution in [-0.2, 0) is 6.61 Å². The molecule has 1 saturated carbocycles. The van der Waals surface area contributed by atoms with Crippen LogP contribution >= 0.6 is 0 Å². The van der Waals surface area contributed by atoms with Crippen LogP contribution in [0.2, 0.25) is 0 Å². The van der Waals surface area contributed by atoms with E-state index in [2.05, 4.69) is 5.32 Å². The van der Waals surface area contributed by atoms with E-state index in [1.165, 1.54) is 12.1 Å². The fourth-order valence-electron chi connectivity index (χ4n) is 3.03. The number of aliphatic hydroxyl groups excluding tert-OH is 2. The molecule has 4 nitrogen and oxygen atoms in total. The zero-order valence-corrected chi connectivity index (χ0v) is 13.2. The van der Waals surface area contributed by atoms with Crippen molar-refractivity contribution < 1.29 is 19.4 Å². The molecule has 0 heterocycles. The number of benzene rings is 2. The van der Waals surface area contributed by atoms with E-state index in [0.29, 0.717) is 18.4 Å². The molecule has 3 rings (SSSR count). The molecule has 0 unspecified atom stereocenters. The Kier molecular flexibility index (Phi) is 4.92. The lowest BCUT2D eigenvalue weighted by molar-refractivity contribution is 0.0235. The minimum Gasteiger partial charge on any atom is -0.393 e. The van der Waals surface area contributed by atoms with Crippen molar-refractivity contribution in [3.63, 3.8) is 0 Å². The molecule has 0 saturated heterocycles. The predicted octanol–water partition coefficient (Wildman–Crippen LogP) is 2.56. The first kappa shape index (κ1) is 16.6. The summed E-state index contributed by atoms with van der Waals surface area (Å²) in [6, 6.07) is 12.6. The first-order valence-electron chi connectivity index (χ1n) is 8.01. The normalized spacial score (nSPS) is 21.0. The van der Waals surface area contributed by atoms with Crippen LogP contribution in [0.3, 0.4) is 0 Å². The zero-order chi connectivity index (χ0) is 17.1. The molecule has 2 aromatic carbocycles. The Labute approximate surface area is 140 Å². The van der Waals surface area contributed by atoms with Gasteiger partial charge in [0.15, 0.2) is 0 Å². The number of carbonyl (C=O) groups is 1. The van der Waals surface area contributed by atoms with Crippen molar-refractivity contribution in [2.75, 3.05) is 0 Å². The average molecular weight is 329 g/mol. The molecule has 1 aliphatic carbocycles. The van der Waals surface area contributed by atoms with E-state index in [1.54, 1.807) is 36.4 Å². The van der Waals surface area contributed by atoms with Gasteiger partial charge in [-0.15, -0.1) is 0 Å². The highest BCUT2D eigenvalue weighted by molar-refractivity contribution is 5.94. The first-order chi connectivity index (χ1) is 11.6. The van der Waals surface area contributed by atoms with Gasteiger partial charge >= 0.3 is 0 Å². The van der Waals surface area contributed by atoms with E-state index >= 15 is 0 Å². The third-order valence-electron chi connectivity index (χ3n) is 4.54. The molecule has 1 amide bonds. The molecule has 2 aromatic rings. The lowest BCUT2D eigenvalue weighted by atomic mass is 9.75. The van der Waals surface area contributed by atoms with Gasteiger partial charge in [0.2, 0.25) is 0 Å². The van der Waals surface area contributed by atoms with Crippen molar-refractivity contribution in [2.24, 2.45) is 5.92 Å². The van der Waals surface area contributed by atoms with Gasteiger partial charge < -0.3 is 15.5 Å². The Morgan fingerprint density at radius 2 is 1.75 bits per heavy atom. The smallest absolute Gasteiger partial charge is 0.251 e. The summed E-state index contributed by atoms with van der Waals surface area (Å²) >= 11 is 0. The third kappa shape index (κ3) is 3.63. The molecule has 3 N–H and O–H groups in total. The molecule has 126 valence electrons. The Bertz CT molecular complexity index is 694. The molecule has 5 heteroatoms. The van der Waals surface area contributed by atoms with Crippen molar-refractivity contribution in [3.05, 3.63) is 71.0 Å². The second kappa shape index (κ2) is 7.11. The summed E-state index contributed by atoms with van der Waals surface area (Å²) in [5, 5.41) is 21.6. The summed E-state index contributed by atoms with van der Waals surface area (Å²) in [6.45, 7) is -0.0694. The van der Waals surface area contributed by atoms with Crippen LogP contribution in [0.4, 0.5) is 4.39 Å². The summed E-state index contributed by atoms with van der Waals surface area (Å²) < 4.78 is 13.2. The van der Waals surface area contributed by atoms with Crippen LogP contribution in [0.5, 0.6) is 0 Å². The Morgan fingerprint density at radius 3 is 2.29 bits per heavy atom. The van der Waals surface area contributed by atoms with Gasteiger partial charge in [0.1, 0.15) is 5.82 Å². The second-order valence-corrected chi connectivity index (χ2v) is 6.24. The third-order valence-corrected chi connectivity index (χ3v) is 4.54. The topological polar surface area (TPSA) is 69.6 Å². The van der Waals surface area contributed by atoms with Crippen LogP contribution < -0.4 is 5.32 Å². The number of hydrogen-bond acceptors (Lipinski definition) is 3. The van der Waals surface area contributed by atoms with Gasteiger partial charge in [-0.1, -0.05) is 24.3 Å². The van der Waals surface area contributed by atoms with E-state index in [4.69, 9.17) is 5.11 Å². The van der Waals surface area contributed by atoms with E-state index < -0.39 is 0 Å². The molecular formula is C19H20FNO3. The van der Waals surface area contributed by atoms with E-state index in [0.717, 1.165) is 11.1 Å². The van der Waals surface area contributed by atoms with Crippen LogP contribution in [0.25, 0.3) is 0 Å². The van der Waals surface area contributed by atoms with Crippen LogP contribution in [0.1, 0.15) is 40.4 Å². The van der Waals surface area contributed by atoms with Crippen molar-refractivity contribution >= 4 is 5.91 Å². The summed E-state index contributed by atoms with van der Waals surface area (Å²) in [6.07, 6.45) is 0.899. The summed E-state index contributed by atoms with van der Waals surface area (Å²) in [5.74, 6) is -0.418. The Balaban J connectivity index is 1.77. The van der Waals surface area contributed by atoms with E-state index in [9.17, 15) is 14.3 Å². The lowest BCUT2D eigenvalue weighted by Gasteiger charge is -2.38. The molecule has 0 spiro atoms. The molecule has 1 fully saturated rings. The lowest BCUT2D eigenvalue weighted by Crippen LogP contribution is -2.41.